The van der Waals surface area contributed by atoms with Gasteiger partial charge in [-0.15, -0.1) is 0 Å². The van der Waals surface area contributed by atoms with Crippen molar-refractivity contribution in [3.63, 3.8) is 0 Å². The fourth-order valence-electron chi connectivity index (χ4n) is 2.61. The fourth-order valence-corrected chi connectivity index (χ4v) is 3.01. The second-order valence-corrected chi connectivity index (χ2v) is 5.94. The SMILES string of the molecule is CCOC(=O)c1c(-c2ccccc2Cl)c2cc(Cl)ccc2[nH]c1=O. The van der Waals surface area contributed by atoms with Gasteiger partial charge in [-0.05, 0) is 31.2 Å². The molecule has 0 radical (unpaired) electrons. The van der Waals surface area contributed by atoms with Crippen LogP contribution in [0.5, 0.6) is 0 Å². The molecule has 24 heavy (non-hydrogen) atoms. The van der Waals surface area contributed by atoms with E-state index in [1.54, 1.807) is 49.4 Å². The van der Waals surface area contributed by atoms with Crippen LogP contribution < -0.4 is 5.56 Å². The predicted octanol–water partition coefficient (Wildman–Crippen LogP) is 4.68. The lowest BCUT2D eigenvalue weighted by atomic mass is 9.96. The van der Waals surface area contributed by atoms with Crippen molar-refractivity contribution >= 4 is 40.1 Å². The monoisotopic (exact) mass is 361 g/mol. The van der Waals surface area contributed by atoms with Gasteiger partial charge in [0.05, 0.1) is 6.61 Å². The van der Waals surface area contributed by atoms with Gasteiger partial charge in [0.2, 0.25) is 0 Å². The average Bonchev–Trinajstić information content (AvgIpc) is 2.55. The molecule has 4 nitrogen and oxygen atoms in total. The van der Waals surface area contributed by atoms with Gasteiger partial charge in [-0.2, -0.15) is 0 Å². The molecule has 3 aromatic rings. The Balaban J connectivity index is 2.48. The Bertz CT molecular complexity index is 995. The van der Waals surface area contributed by atoms with Gasteiger partial charge in [-0.25, -0.2) is 4.79 Å². The summed E-state index contributed by atoms with van der Waals surface area (Å²) in [6.07, 6.45) is 0. The number of benzene rings is 2. The Labute approximate surface area is 148 Å². The molecule has 0 atom stereocenters. The van der Waals surface area contributed by atoms with Crippen LogP contribution in [0.2, 0.25) is 10.0 Å². The van der Waals surface area contributed by atoms with E-state index in [0.717, 1.165) is 0 Å². The minimum absolute atomic E-state index is 0.0836. The van der Waals surface area contributed by atoms with Gasteiger partial charge in [-0.3, -0.25) is 4.79 Å². The van der Waals surface area contributed by atoms with E-state index in [9.17, 15) is 9.59 Å². The highest BCUT2D eigenvalue weighted by molar-refractivity contribution is 6.34. The zero-order chi connectivity index (χ0) is 17.3. The zero-order valence-electron chi connectivity index (χ0n) is 12.7. The molecule has 0 fully saturated rings. The fraction of sp³-hybridized carbons (Fsp3) is 0.111. The molecule has 0 unspecified atom stereocenters. The minimum atomic E-state index is -0.699. The van der Waals surface area contributed by atoms with Crippen molar-refractivity contribution in [1.29, 1.82) is 0 Å². The number of ether oxygens (including phenoxy) is 1. The van der Waals surface area contributed by atoms with Crippen LogP contribution in [0.25, 0.3) is 22.0 Å². The number of carbonyl (C=O) groups excluding carboxylic acids is 1. The lowest BCUT2D eigenvalue weighted by Gasteiger charge is -2.13. The summed E-state index contributed by atoms with van der Waals surface area (Å²) in [5.41, 5.74) is 0.936. The maximum atomic E-state index is 12.5. The maximum Gasteiger partial charge on any atom is 0.344 e. The number of esters is 1. The lowest BCUT2D eigenvalue weighted by molar-refractivity contribution is 0.0525. The van der Waals surface area contributed by atoms with E-state index in [0.29, 0.717) is 32.1 Å². The van der Waals surface area contributed by atoms with E-state index in [1.807, 2.05) is 0 Å². The molecule has 122 valence electrons. The highest BCUT2D eigenvalue weighted by Gasteiger charge is 2.23. The van der Waals surface area contributed by atoms with Gasteiger partial charge >= 0.3 is 5.97 Å². The summed E-state index contributed by atoms with van der Waals surface area (Å²) < 4.78 is 5.05. The first kappa shape index (κ1) is 16.6. The number of rotatable bonds is 3. The molecular formula is C18H13Cl2NO3. The predicted molar refractivity (Wildman–Crippen MR) is 96.0 cm³/mol. The Morgan fingerprint density at radius 2 is 1.92 bits per heavy atom. The summed E-state index contributed by atoms with van der Waals surface area (Å²) in [5, 5.41) is 1.53. The molecule has 2 aromatic carbocycles. The van der Waals surface area contributed by atoms with Crippen molar-refractivity contribution in [2.45, 2.75) is 6.92 Å². The Hall–Kier alpha value is -2.30. The summed E-state index contributed by atoms with van der Waals surface area (Å²) in [6.45, 7) is 1.84. The van der Waals surface area contributed by atoms with Crippen molar-refractivity contribution < 1.29 is 9.53 Å². The highest BCUT2D eigenvalue weighted by Crippen LogP contribution is 2.35. The van der Waals surface area contributed by atoms with Crippen LogP contribution in [0.3, 0.4) is 0 Å². The Kier molecular flexibility index (Phi) is 4.60. The van der Waals surface area contributed by atoms with Gasteiger partial charge in [0, 0.05) is 32.1 Å². The number of aromatic amines is 1. The molecule has 0 aliphatic heterocycles. The highest BCUT2D eigenvalue weighted by atomic mass is 35.5. The first-order valence-electron chi connectivity index (χ1n) is 7.30. The van der Waals surface area contributed by atoms with Crippen molar-refractivity contribution in [2.24, 2.45) is 0 Å². The van der Waals surface area contributed by atoms with E-state index >= 15 is 0 Å². The lowest BCUT2D eigenvalue weighted by Crippen LogP contribution is -2.21. The number of nitrogens with one attached hydrogen (secondary N) is 1. The van der Waals surface area contributed by atoms with Gasteiger partial charge in [0.15, 0.2) is 0 Å². The van der Waals surface area contributed by atoms with E-state index < -0.39 is 11.5 Å². The third kappa shape index (κ3) is 2.90. The summed E-state index contributed by atoms with van der Waals surface area (Å²) in [6, 6.07) is 12.1. The number of H-pyrrole nitrogens is 1. The van der Waals surface area contributed by atoms with Crippen molar-refractivity contribution in [2.75, 3.05) is 6.61 Å². The van der Waals surface area contributed by atoms with E-state index in [4.69, 9.17) is 27.9 Å². The summed E-state index contributed by atoms with van der Waals surface area (Å²) in [7, 11) is 0. The van der Waals surface area contributed by atoms with Crippen LogP contribution in [0.1, 0.15) is 17.3 Å². The van der Waals surface area contributed by atoms with Crippen LogP contribution in [0.15, 0.2) is 47.3 Å². The molecule has 0 bridgehead atoms. The van der Waals surface area contributed by atoms with Gasteiger partial charge in [0.1, 0.15) is 5.56 Å². The Morgan fingerprint density at radius 1 is 1.17 bits per heavy atom. The van der Waals surface area contributed by atoms with Crippen LogP contribution in [-0.4, -0.2) is 17.6 Å². The normalized spacial score (nSPS) is 10.8. The molecule has 1 heterocycles. The number of aromatic nitrogens is 1. The molecular weight excluding hydrogens is 349 g/mol. The third-order valence-electron chi connectivity index (χ3n) is 3.60. The molecule has 6 heteroatoms. The number of fused-ring (bicyclic) bond motifs is 1. The number of hydrogen-bond acceptors (Lipinski definition) is 3. The molecule has 1 aromatic heterocycles. The standard InChI is InChI=1S/C18H13Cl2NO3/c1-2-24-18(23)16-15(11-5-3-4-6-13(11)20)12-9-10(19)7-8-14(12)21-17(16)22/h3-9H,2H2,1H3,(H,21,22). The molecule has 1 N–H and O–H groups in total. The van der Waals surface area contributed by atoms with Crippen molar-refractivity contribution in [1.82, 2.24) is 4.98 Å². The number of hydrogen-bond donors (Lipinski definition) is 1. The first-order chi connectivity index (χ1) is 11.5. The second-order valence-electron chi connectivity index (χ2n) is 5.09. The van der Waals surface area contributed by atoms with Crippen molar-refractivity contribution in [3.05, 3.63) is 68.4 Å². The third-order valence-corrected chi connectivity index (χ3v) is 4.16. The average molecular weight is 362 g/mol. The second kappa shape index (κ2) is 6.67. The molecule has 3 rings (SSSR count). The van der Waals surface area contributed by atoms with E-state index in [-0.39, 0.29) is 12.2 Å². The van der Waals surface area contributed by atoms with Crippen LogP contribution in [0.4, 0.5) is 0 Å². The smallest absolute Gasteiger partial charge is 0.344 e. The zero-order valence-corrected chi connectivity index (χ0v) is 14.2. The number of carbonyl (C=O) groups is 1. The van der Waals surface area contributed by atoms with Gasteiger partial charge in [0.25, 0.3) is 5.56 Å². The topological polar surface area (TPSA) is 59.2 Å². The molecule has 0 amide bonds. The summed E-state index contributed by atoms with van der Waals surface area (Å²) in [4.78, 5) is 27.6. The molecule has 0 aliphatic carbocycles. The summed E-state index contributed by atoms with van der Waals surface area (Å²) >= 11 is 12.4. The summed E-state index contributed by atoms with van der Waals surface area (Å²) in [5.74, 6) is -0.699. The largest absolute Gasteiger partial charge is 0.462 e. The Morgan fingerprint density at radius 3 is 2.62 bits per heavy atom. The molecule has 0 spiro atoms. The molecule has 0 aliphatic rings. The van der Waals surface area contributed by atoms with Gasteiger partial charge < -0.3 is 9.72 Å². The first-order valence-corrected chi connectivity index (χ1v) is 8.06. The van der Waals surface area contributed by atoms with Crippen LogP contribution in [0, 0.1) is 0 Å². The molecule has 0 saturated carbocycles. The number of halogens is 2. The van der Waals surface area contributed by atoms with Gasteiger partial charge in [-0.1, -0.05) is 41.4 Å². The van der Waals surface area contributed by atoms with Crippen molar-refractivity contribution in [3.8, 4) is 11.1 Å². The molecule has 0 saturated heterocycles. The van der Waals surface area contributed by atoms with E-state index in [2.05, 4.69) is 4.98 Å². The number of pyridine rings is 1. The minimum Gasteiger partial charge on any atom is -0.462 e. The quantitative estimate of drug-likeness (QED) is 0.689. The van der Waals surface area contributed by atoms with E-state index in [1.165, 1.54) is 0 Å². The maximum absolute atomic E-state index is 12.5. The van der Waals surface area contributed by atoms with Crippen LogP contribution >= 0.6 is 23.2 Å². The van der Waals surface area contributed by atoms with Crippen LogP contribution in [-0.2, 0) is 4.74 Å².